The van der Waals surface area contributed by atoms with Crippen LogP contribution in [0.5, 0.6) is 11.5 Å². The lowest BCUT2D eigenvalue weighted by Gasteiger charge is -2.19. The van der Waals surface area contributed by atoms with Crippen LogP contribution in [0.15, 0.2) is 18.2 Å². The van der Waals surface area contributed by atoms with Crippen LogP contribution in [0, 0.1) is 0 Å². The molecule has 0 bridgehead atoms. The van der Waals surface area contributed by atoms with Gasteiger partial charge in [-0.05, 0) is 19.1 Å². The van der Waals surface area contributed by atoms with Gasteiger partial charge in [0, 0.05) is 18.8 Å². The second-order valence-corrected chi connectivity index (χ2v) is 4.62. The van der Waals surface area contributed by atoms with Crippen molar-refractivity contribution in [3.63, 3.8) is 0 Å². The molecule has 0 saturated heterocycles. The van der Waals surface area contributed by atoms with E-state index in [-0.39, 0.29) is 18.4 Å². The third kappa shape index (κ3) is 4.09. The van der Waals surface area contributed by atoms with Gasteiger partial charge in [-0.25, -0.2) is 0 Å². The van der Waals surface area contributed by atoms with Gasteiger partial charge < -0.3 is 20.1 Å². The molecule has 0 fully saturated rings. The highest BCUT2D eigenvalue weighted by Gasteiger charge is 2.14. The maximum Gasteiger partial charge on any atom is 0.238 e. The lowest BCUT2D eigenvalue weighted by Crippen LogP contribution is -2.43. The Hall–Kier alpha value is -2.28. The second kappa shape index (κ2) is 6.94. The fraction of sp³-hybridized carbons (Fsp3) is 0.429. The Bertz CT molecular complexity index is 533. The molecule has 1 atom stereocenters. The van der Waals surface area contributed by atoms with Crippen molar-refractivity contribution in [2.75, 3.05) is 32.1 Å². The molecule has 21 heavy (non-hydrogen) atoms. The van der Waals surface area contributed by atoms with E-state index >= 15 is 0 Å². The van der Waals surface area contributed by atoms with Crippen LogP contribution in [-0.4, -0.2) is 44.7 Å². The van der Waals surface area contributed by atoms with Gasteiger partial charge in [-0.2, -0.15) is 0 Å². The average molecular weight is 293 g/mol. The summed E-state index contributed by atoms with van der Waals surface area (Å²) >= 11 is 0. The third-order valence-electron chi connectivity index (χ3n) is 3.03. The Labute approximate surface area is 123 Å². The van der Waals surface area contributed by atoms with E-state index in [1.165, 1.54) is 0 Å². The summed E-state index contributed by atoms with van der Waals surface area (Å²) in [6.07, 6.45) is 0. The SMILES string of the molecule is CNC(=O)C(C)NCC(=O)Nc1ccc2c(c1)OCCO2. The largest absolute Gasteiger partial charge is 0.486 e. The van der Waals surface area contributed by atoms with Crippen LogP contribution < -0.4 is 25.4 Å². The van der Waals surface area contributed by atoms with Crippen LogP contribution in [-0.2, 0) is 9.59 Å². The fourth-order valence-electron chi connectivity index (χ4n) is 1.88. The number of benzene rings is 1. The summed E-state index contributed by atoms with van der Waals surface area (Å²) in [5, 5.41) is 8.08. The number of carbonyl (C=O) groups excluding carboxylic acids is 2. The van der Waals surface area contributed by atoms with Crippen molar-refractivity contribution >= 4 is 17.5 Å². The molecule has 3 N–H and O–H groups in total. The van der Waals surface area contributed by atoms with Gasteiger partial charge in [-0.1, -0.05) is 0 Å². The topological polar surface area (TPSA) is 88.7 Å². The van der Waals surface area contributed by atoms with Crippen molar-refractivity contribution in [2.45, 2.75) is 13.0 Å². The van der Waals surface area contributed by atoms with E-state index < -0.39 is 6.04 Å². The van der Waals surface area contributed by atoms with Crippen molar-refractivity contribution < 1.29 is 19.1 Å². The second-order valence-electron chi connectivity index (χ2n) is 4.62. The van der Waals surface area contributed by atoms with Gasteiger partial charge in [0.1, 0.15) is 13.2 Å². The van der Waals surface area contributed by atoms with Crippen molar-refractivity contribution in [1.82, 2.24) is 10.6 Å². The van der Waals surface area contributed by atoms with Gasteiger partial charge in [0.15, 0.2) is 11.5 Å². The first-order valence-electron chi connectivity index (χ1n) is 6.74. The summed E-state index contributed by atoms with van der Waals surface area (Å²) < 4.78 is 10.9. The highest BCUT2D eigenvalue weighted by atomic mass is 16.6. The number of anilines is 1. The molecule has 1 aromatic rings. The lowest BCUT2D eigenvalue weighted by molar-refractivity contribution is -0.122. The Balaban J connectivity index is 1.86. The maximum absolute atomic E-state index is 11.8. The number of fused-ring (bicyclic) bond motifs is 1. The smallest absolute Gasteiger partial charge is 0.238 e. The molecule has 2 amide bonds. The van der Waals surface area contributed by atoms with Gasteiger partial charge in [0.25, 0.3) is 0 Å². The molecule has 1 aliphatic heterocycles. The molecular formula is C14H19N3O4. The molecule has 1 aromatic carbocycles. The van der Waals surface area contributed by atoms with Gasteiger partial charge in [0.2, 0.25) is 11.8 Å². The molecule has 7 nitrogen and oxygen atoms in total. The monoisotopic (exact) mass is 293 g/mol. The molecule has 1 unspecified atom stereocenters. The van der Waals surface area contributed by atoms with Crippen LogP contribution in [0.1, 0.15) is 6.92 Å². The Morgan fingerprint density at radius 1 is 1.24 bits per heavy atom. The number of amides is 2. The lowest BCUT2D eigenvalue weighted by atomic mass is 10.2. The molecular weight excluding hydrogens is 274 g/mol. The number of nitrogens with one attached hydrogen (secondary N) is 3. The van der Waals surface area contributed by atoms with E-state index in [0.717, 1.165) is 0 Å². The quantitative estimate of drug-likeness (QED) is 0.717. The van der Waals surface area contributed by atoms with Gasteiger partial charge in [-0.3, -0.25) is 14.9 Å². The standard InChI is InChI=1S/C14H19N3O4/c1-9(14(19)15-2)16-8-13(18)17-10-3-4-11-12(7-10)21-6-5-20-11/h3-4,7,9,16H,5-6,8H2,1-2H3,(H,15,19)(H,17,18). The van der Waals surface area contributed by atoms with Crippen LogP contribution in [0.4, 0.5) is 5.69 Å². The zero-order valence-corrected chi connectivity index (χ0v) is 12.1. The van der Waals surface area contributed by atoms with E-state index in [0.29, 0.717) is 30.4 Å². The first kappa shape index (κ1) is 15.1. The first-order chi connectivity index (χ1) is 10.1. The molecule has 0 radical (unpaired) electrons. The Kier molecular flexibility index (Phi) is 4.99. The number of hydrogen-bond donors (Lipinski definition) is 3. The van der Waals surface area contributed by atoms with Crippen LogP contribution in [0.3, 0.4) is 0 Å². The minimum absolute atomic E-state index is 0.0447. The Morgan fingerprint density at radius 2 is 1.95 bits per heavy atom. The van der Waals surface area contributed by atoms with Crippen molar-refractivity contribution in [2.24, 2.45) is 0 Å². The van der Waals surface area contributed by atoms with E-state index in [4.69, 9.17) is 9.47 Å². The number of rotatable bonds is 5. The van der Waals surface area contributed by atoms with Crippen LogP contribution >= 0.6 is 0 Å². The number of likely N-dealkylation sites (N-methyl/N-ethyl adjacent to an activating group) is 1. The number of hydrogen-bond acceptors (Lipinski definition) is 5. The molecule has 2 rings (SSSR count). The number of carbonyl (C=O) groups is 2. The molecule has 1 aliphatic rings. The summed E-state index contributed by atoms with van der Waals surface area (Å²) in [6.45, 7) is 2.76. The van der Waals surface area contributed by atoms with Gasteiger partial charge in [0.05, 0.1) is 12.6 Å². The minimum Gasteiger partial charge on any atom is -0.486 e. The van der Waals surface area contributed by atoms with E-state index in [2.05, 4.69) is 16.0 Å². The highest BCUT2D eigenvalue weighted by molar-refractivity contribution is 5.93. The van der Waals surface area contributed by atoms with Gasteiger partial charge in [-0.15, -0.1) is 0 Å². The summed E-state index contributed by atoms with van der Waals surface area (Å²) in [5.41, 5.74) is 0.624. The van der Waals surface area contributed by atoms with Crippen LogP contribution in [0.2, 0.25) is 0 Å². The minimum atomic E-state index is -0.430. The summed E-state index contributed by atoms with van der Waals surface area (Å²) in [4.78, 5) is 23.1. The normalized spacial score (nSPS) is 14.2. The van der Waals surface area contributed by atoms with Gasteiger partial charge >= 0.3 is 0 Å². The maximum atomic E-state index is 11.8. The van der Waals surface area contributed by atoms with Crippen molar-refractivity contribution in [3.8, 4) is 11.5 Å². The van der Waals surface area contributed by atoms with E-state index in [1.54, 1.807) is 32.2 Å². The highest BCUT2D eigenvalue weighted by Crippen LogP contribution is 2.32. The first-order valence-corrected chi connectivity index (χ1v) is 6.74. The van der Waals surface area contributed by atoms with Crippen LogP contribution in [0.25, 0.3) is 0 Å². The summed E-state index contributed by atoms with van der Waals surface area (Å²) in [7, 11) is 1.55. The number of ether oxygens (including phenoxy) is 2. The molecule has 0 aromatic heterocycles. The molecule has 0 spiro atoms. The van der Waals surface area contributed by atoms with E-state index in [1.807, 2.05) is 0 Å². The Morgan fingerprint density at radius 3 is 2.67 bits per heavy atom. The molecule has 1 heterocycles. The zero-order chi connectivity index (χ0) is 15.2. The fourth-order valence-corrected chi connectivity index (χ4v) is 1.88. The summed E-state index contributed by atoms with van der Waals surface area (Å²) in [6, 6.07) is 4.79. The molecule has 114 valence electrons. The van der Waals surface area contributed by atoms with E-state index in [9.17, 15) is 9.59 Å². The average Bonchev–Trinajstić information content (AvgIpc) is 2.51. The molecule has 0 saturated carbocycles. The van der Waals surface area contributed by atoms with Crippen molar-refractivity contribution in [1.29, 1.82) is 0 Å². The zero-order valence-electron chi connectivity index (χ0n) is 12.1. The molecule has 0 aliphatic carbocycles. The summed E-state index contributed by atoms with van der Waals surface area (Å²) in [5.74, 6) is 0.890. The predicted octanol–water partition coefficient (Wildman–Crippen LogP) is 0.120. The predicted molar refractivity (Wildman–Crippen MR) is 77.6 cm³/mol. The molecule has 7 heteroatoms. The third-order valence-corrected chi connectivity index (χ3v) is 3.03. The van der Waals surface area contributed by atoms with Crippen molar-refractivity contribution in [3.05, 3.63) is 18.2 Å².